The van der Waals surface area contributed by atoms with Crippen LogP contribution < -0.4 is 10.6 Å². The predicted molar refractivity (Wildman–Crippen MR) is 138 cm³/mol. The lowest BCUT2D eigenvalue weighted by atomic mass is 10.0. The van der Waals surface area contributed by atoms with Gasteiger partial charge in [0.15, 0.2) is 0 Å². The Kier molecular flexibility index (Phi) is 6.59. The third-order valence-corrected chi connectivity index (χ3v) is 5.96. The van der Waals surface area contributed by atoms with E-state index in [4.69, 9.17) is 0 Å². The van der Waals surface area contributed by atoms with Crippen molar-refractivity contribution in [3.8, 4) is 23.2 Å². The number of nitrogens with zero attached hydrogens (tertiary/aromatic N) is 3. The first-order chi connectivity index (χ1) is 18.2. The Labute approximate surface area is 216 Å². The van der Waals surface area contributed by atoms with Crippen molar-refractivity contribution in [3.05, 3.63) is 88.4 Å². The second-order valence-electron chi connectivity index (χ2n) is 9.13. The number of alkyl halides is 3. The molecule has 0 spiro atoms. The molecular weight excluding hydrogens is 493 g/mol. The normalized spacial score (nSPS) is 13.0. The number of imidazole rings is 1. The molecule has 0 bridgehead atoms. The van der Waals surface area contributed by atoms with Crippen LogP contribution in [0, 0.1) is 25.7 Å². The third-order valence-electron chi connectivity index (χ3n) is 5.96. The quantitative estimate of drug-likeness (QED) is 0.295. The van der Waals surface area contributed by atoms with E-state index >= 15 is 0 Å². The molecule has 2 aromatic heterocycles. The SMILES string of the molecule is Cc1cnc(-c2ccc(NC(=O)c3ccc(C)c(C#Cc4ccc(NC5CC5)nn4)c3)cc2C(F)(F)F)[nH]1. The van der Waals surface area contributed by atoms with Crippen LogP contribution in [0.3, 0.4) is 0 Å². The van der Waals surface area contributed by atoms with Gasteiger partial charge in [-0.2, -0.15) is 13.2 Å². The van der Waals surface area contributed by atoms with Crippen LogP contribution in [0.2, 0.25) is 0 Å². The van der Waals surface area contributed by atoms with Crippen LogP contribution in [-0.4, -0.2) is 32.1 Å². The van der Waals surface area contributed by atoms with Gasteiger partial charge >= 0.3 is 6.18 Å². The van der Waals surface area contributed by atoms with Crippen LogP contribution in [0.1, 0.15) is 51.3 Å². The highest BCUT2D eigenvalue weighted by Crippen LogP contribution is 2.38. The maximum atomic E-state index is 13.8. The first-order valence-electron chi connectivity index (χ1n) is 11.9. The molecule has 1 aliphatic carbocycles. The number of hydrogen-bond acceptors (Lipinski definition) is 5. The molecule has 2 aromatic carbocycles. The van der Waals surface area contributed by atoms with E-state index in [1.54, 1.807) is 31.2 Å². The fourth-order valence-electron chi connectivity index (χ4n) is 3.76. The Balaban J connectivity index is 1.35. The number of carbonyl (C=O) groups is 1. The summed E-state index contributed by atoms with van der Waals surface area (Å²) in [4.78, 5) is 19.7. The van der Waals surface area contributed by atoms with Gasteiger partial charge in [0.25, 0.3) is 5.91 Å². The van der Waals surface area contributed by atoms with Crippen LogP contribution in [0.15, 0.2) is 54.7 Å². The molecule has 38 heavy (non-hydrogen) atoms. The predicted octanol–water partition coefficient (Wildman–Crippen LogP) is 5.73. The second-order valence-corrected chi connectivity index (χ2v) is 9.13. The van der Waals surface area contributed by atoms with Gasteiger partial charge in [-0.05, 0) is 80.6 Å². The molecule has 0 saturated heterocycles. The molecule has 2 heterocycles. The molecule has 0 unspecified atom stereocenters. The molecule has 7 nitrogen and oxygen atoms in total. The van der Waals surface area contributed by atoms with Gasteiger partial charge < -0.3 is 15.6 Å². The van der Waals surface area contributed by atoms with Crippen molar-refractivity contribution in [2.45, 2.75) is 38.9 Å². The van der Waals surface area contributed by atoms with E-state index < -0.39 is 17.6 Å². The molecule has 4 aromatic rings. The standard InChI is InChI=1S/C28H23F3N6O/c1-16-3-4-19(13-18(16)5-6-21-10-12-25(37-36-21)34-20-7-8-20)27(38)35-22-9-11-23(24(14-22)28(29,30)31)26-32-15-17(2)33-26/h3-4,9-15,20H,7-8H2,1-2H3,(H,32,33)(H,34,37)(H,35,38). The third kappa shape index (κ3) is 5.83. The van der Waals surface area contributed by atoms with Crippen LogP contribution in [0.5, 0.6) is 0 Å². The number of benzene rings is 2. The summed E-state index contributed by atoms with van der Waals surface area (Å²) < 4.78 is 41.4. The number of carbonyl (C=O) groups excluding carboxylic acids is 1. The molecule has 192 valence electrons. The van der Waals surface area contributed by atoms with Crippen molar-refractivity contribution in [2.24, 2.45) is 0 Å². The molecule has 3 N–H and O–H groups in total. The first-order valence-corrected chi connectivity index (χ1v) is 11.9. The zero-order valence-electron chi connectivity index (χ0n) is 20.6. The van der Waals surface area contributed by atoms with Gasteiger partial charge in [0.2, 0.25) is 0 Å². The zero-order valence-corrected chi connectivity index (χ0v) is 20.6. The zero-order chi connectivity index (χ0) is 26.9. The van der Waals surface area contributed by atoms with Crippen molar-refractivity contribution >= 4 is 17.4 Å². The summed E-state index contributed by atoms with van der Waals surface area (Å²) in [6.45, 7) is 3.56. The molecule has 10 heteroatoms. The van der Waals surface area contributed by atoms with Gasteiger partial charge in [0.05, 0.1) is 5.56 Å². The van der Waals surface area contributed by atoms with Crippen LogP contribution in [-0.2, 0) is 6.18 Å². The summed E-state index contributed by atoms with van der Waals surface area (Å²) in [7, 11) is 0. The van der Waals surface area contributed by atoms with E-state index in [1.807, 2.05) is 13.0 Å². The van der Waals surface area contributed by atoms with E-state index in [0.717, 1.165) is 24.5 Å². The van der Waals surface area contributed by atoms with Crippen molar-refractivity contribution in [2.75, 3.05) is 10.6 Å². The summed E-state index contributed by atoms with van der Waals surface area (Å²) in [5.41, 5.74) is 1.82. The van der Waals surface area contributed by atoms with Gasteiger partial charge in [0.1, 0.15) is 17.3 Å². The Hall–Kier alpha value is -4.65. The number of nitrogens with one attached hydrogen (secondary N) is 3. The number of aromatic amines is 1. The molecule has 0 radical (unpaired) electrons. The molecule has 1 fully saturated rings. The molecule has 0 atom stereocenters. The average molecular weight is 517 g/mol. The van der Waals surface area contributed by atoms with Gasteiger partial charge in [-0.25, -0.2) is 4.98 Å². The minimum atomic E-state index is -4.64. The summed E-state index contributed by atoms with van der Waals surface area (Å²) in [6, 6.07) is 12.6. The van der Waals surface area contributed by atoms with Crippen molar-refractivity contribution in [1.82, 2.24) is 20.2 Å². The summed E-state index contributed by atoms with van der Waals surface area (Å²) in [5, 5.41) is 14.0. The summed E-state index contributed by atoms with van der Waals surface area (Å²) >= 11 is 0. The van der Waals surface area contributed by atoms with Crippen molar-refractivity contribution in [1.29, 1.82) is 0 Å². The van der Waals surface area contributed by atoms with Crippen LogP contribution in [0.25, 0.3) is 11.4 Å². The molecule has 1 saturated carbocycles. The highest BCUT2D eigenvalue weighted by molar-refractivity contribution is 6.04. The smallest absolute Gasteiger partial charge is 0.366 e. The lowest BCUT2D eigenvalue weighted by Crippen LogP contribution is -2.14. The van der Waals surface area contributed by atoms with Gasteiger partial charge in [0, 0.05) is 40.3 Å². The maximum absolute atomic E-state index is 13.8. The number of H-pyrrole nitrogens is 1. The number of aromatic nitrogens is 4. The largest absolute Gasteiger partial charge is 0.417 e. The minimum absolute atomic E-state index is 0.0118. The number of aryl methyl sites for hydroxylation is 2. The lowest BCUT2D eigenvalue weighted by Gasteiger charge is -2.14. The average Bonchev–Trinajstić information content (AvgIpc) is 3.60. The topological polar surface area (TPSA) is 95.6 Å². The van der Waals surface area contributed by atoms with Gasteiger partial charge in [-0.1, -0.05) is 12.0 Å². The molecule has 0 aliphatic heterocycles. The Morgan fingerprint density at radius 3 is 2.50 bits per heavy atom. The summed E-state index contributed by atoms with van der Waals surface area (Å²) in [6.07, 6.45) is -0.923. The van der Waals surface area contributed by atoms with E-state index in [-0.39, 0.29) is 22.6 Å². The molecule has 5 rings (SSSR count). The maximum Gasteiger partial charge on any atom is 0.417 e. The second kappa shape index (κ2) is 10.0. The number of rotatable bonds is 5. The van der Waals surface area contributed by atoms with E-state index in [2.05, 4.69) is 42.6 Å². The van der Waals surface area contributed by atoms with E-state index in [0.29, 0.717) is 28.8 Å². The van der Waals surface area contributed by atoms with Crippen molar-refractivity contribution in [3.63, 3.8) is 0 Å². The number of halogens is 3. The monoisotopic (exact) mass is 516 g/mol. The molecular formula is C28H23F3N6O. The minimum Gasteiger partial charge on any atom is -0.366 e. The fraction of sp³-hybridized carbons (Fsp3) is 0.214. The van der Waals surface area contributed by atoms with Gasteiger partial charge in [-0.3, -0.25) is 4.79 Å². The number of amides is 1. The Morgan fingerprint density at radius 1 is 1.03 bits per heavy atom. The van der Waals surface area contributed by atoms with Crippen LogP contribution >= 0.6 is 0 Å². The van der Waals surface area contributed by atoms with Gasteiger partial charge in [-0.15, -0.1) is 10.2 Å². The molecule has 1 amide bonds. The van der Waals surface area contributed by atoms with E-state index in [9.17, 15) is 18.0 Å². The Bertz CT molecular complexity index is 1560. The fourth-order valence-corrected chi connectivity index (χ4v) is 3.76. The summed E-state index contributed by atoms with van der Waals surface area (Å²) in [5.74, 6) is 6.20. The Morgan fingerprint density at radius 2 is 1.84 bits per heavy atom. The highest BCUT2D eigenvalue weighted by Gasteiger charge is 2.35. The number of anilines is 2. The van der Waals surface area contributed by atoms with E-state index in [1.165, 1.54) is 18.3 Å². The number of hydrogen-bond donors (Lipinski definition) is 3. The van der Waals surface area contributed by atoms with Crippen molar-refractivity contribution < 1.29 is 18.0 Å². The highest BCUT2D eigenvalue weighted by atomic mass is 19.4. The molecule has 1 aliphatic rings. The lowest BCUT2D eigenvalue weighted by molar-refractivity contribution is -0.137. The van der Waals surface area contributed by atoms with Crippen LogP contribution in [0.4, 0.5) is 24.7 Å². The first kappa shape index (κ1) is 25.0.